The van der Waals surface area contributed by atoms with Gasteiger partial charge in [-0.2, -0.15) is 5.10 Å². The van der Waals surface area contributed by atoms with Gasteiger partial charge in [0.25, 0.3) is 0 Å². The van der Waals surface area contributed by atoms with Crippen LogP contribution < -0.4 is 10.5 Å². The molecule has 0 unspecified atom stereocenters. The monoisotopic (exact) mass is 271 g/mol. The third kappa shape index (κ3) is 2.50. The van der Waals surface area contributed by atoms with Gasteiger partial charge in [0.2, 0.25) is 0 Å². The Labute approximate surface area is 119 Å². The molecule has 3 rings (SSSR count). The first-order valence-electron chi connectivity index (χ1n) is 7.25. The first-order valence-corrected chi connectivity index (χ1v) is 7.25. The maximum Gasteiger partial charge on any atom is 0.153 e. The Hall–Kier alpha value is -1.97. The largest absolute Gasteiger partial charge is 0.497 e. The molecule has 0 bridgehead atoms. The molecule has 1 aliphatic rings. The van der Waals surface area contributed by atoms with Gasteiger partial charge in [-0.1, -0.05) is 37.8 Å². The highest BCUT2D eigenvalue weighted by Crippen LogP contribution is 2.34. The highest BCUT2D eigenvalue weighted by Gasteiger charge is 2.20. The topological polar surface area (TPSA) is 63.9 Å². The van der Waals surface area contributed by atoms with Crippen molar-refractivity contribution in [1.82, 2.24) is 10.2 Å². The van der Waals surface area contributed by atoms with E-state index in [4.69, 9.17) is 10.5 Å². The molecule has 1 heterocycles. The van der Waals surface area contributed by atoms with Crippen LogP contribution >= 0.6 is 0 Å². The van der Waals surface area contributed by atoms with Crippen molar-refractivity contribution in [2.45, 2.75) is 32.1 Å². The molecule has 1 aromatic carbocycles. The minimum absolute atomic E-state index is 0.575. The van der Waals surface area contributed by atoms with Crippen molar-refractivity contribution in [3.05, 3.63) is 30.0 Å². The zero-order chi connectivity index (χ0) is 13.9. The molecule has 1 aromatic heterocycles. The average Bonchev–Trinajstić information content (AvgIpc) is 3.10. The van der Waals surface area contributed by atoms with E-state index in [0.29, 0.717) is 5.82 Å². The molecule has 0 atom stereocenters. The van der Waals surface area contributed by atoms with E-state index >= 15 is 0 Å². The smallest absolute Gasteiger partial charge is 0.153 e. The lowest BCUT2D eigenvalue weighted by molar-refractivity contribution is 0.415. The molecule has 1 saturated carbocycles. The summed E-state index contributed by atoms with van der Waals surface area (Å²) < 4.78 is 5.29. The zero-order valence-corrected chi connectivity index (χ0v) is 11.9. The SMILES string of the molecule is COc1cccc(-c2c(N)n[nH]c2CC2CCCC2)c1. The number of methoxy groups -OCH3 is 1. The standard InChI is InChI=1S/C16H21N3O/c1-20-13-8-4-7-12(10-13)15-14(18-19-16(15)17)9-11-5-2-3-6-11/h4,7-8,10-11H,2-3,5-6,9H2,1H3,(H3,17,18,19). The van der Waals surface area contributed by atoms with E-state index in [2.05, 4.69) is 16.3 Å². The number of anilines is 1. The second-order valence-corrected chi connectivity index (χ2v) is 5.55. The van der Waals surface area contributed by atoms with Gasteiger partial charge in [-0.3, -0.25) is 5.10 Å². The second kappa shape index (κ2) is 5.57. The molecule has 1 fully saturated rings. The summed E-state index contributed by atoms with van der Waals surface area (Å²) >= 11 is 0. The molecular weight excluding hydrogens is 250 g/mol. The molecule has 3 N–H and O–H groups in total. The number of benzene rings is 1. The van der Waals surface area contributed by atoms with Crippen molar-refractivity contribution in [3.63, 3.8) is 0 Å². The summed E-state index contributed by atoms with van der Waals surface area (Å²) in [7, 11) is 1.68. The van der Waals surface area contributed by atoms with Crippen LogP contribution in [0.25, 0.3) is 11.1 Å². The Kier molecular flexibility index (Phi) is 3.63. The minimum atomic E-state index is 0.575. The molecule has 20 heavy (non-hydrogen) atoms. The van der Waals surface area contributed by atoms with Crippen molar-refractivity contribution in [2.24, 2.45) is 5.92 Å². The number of aromatic nitrogens is 2. The van der Waals surface area contributed by atoms with Crippen molar-refractivity contribution in [1.29, 1.82) is 0 Å². The van der Waals surface area contributed by atoms with Gasteiger partial charge >= 0.3 is 0 Å². The Balaban J connectivity index is 1.93. The fraction of sp³-hybridized carbons (Fsp3) is 0.438. The predicted octanol–water partition coefficient (Wildman–Crippen LogP) is 3.40. The zero-order valence-electron chi connectivity index (χ0n) is 11.9. The van der Waals surface area contributed by atoms with Crippen LogP contribution in [0, 0.1) is 5.92 Å². The first-order chi connectivity index (χ1) is 9.78. The van der Waals surface area contributed by atoms with Gasteiger partial charge in [-0.15, -0.1) is 0 Å². The third-order valence-electron chi connectivity index (χ3n) is 4.20. The van der Waals surface area contributed by atoms with Gasteiger partial charge in [-0.05, 0) is 30.0 Å². The van der Waals surface area contributed by atoms with Crippen LogP contribution in [0.15, 0.2) is 24.3 Å². The lowest BCUT2D eigenvalue weighted by atomic mass is 9.96. The number of rotatable bonds is 4. The van der Waals surface area contributed by atoms with E-state index in [0.717, 1.165) is 34.9 Å². The van der Waals surface area contributed by atoms with Gasteiger partial charge < -0.3 is 10.5 Å². The fourth-order valence-electron chi connectivity index (χ4n) is 3.15. The molecule has 1 aliphatic carbocycles. The number of nitrogens with two attached hydrogens (primary N) is 1. The molecule has 4 nitrogen and oxygen atoms in total. The third-order valence-corrected chi connectivity index (χ3v) is 4.20. The molecule has 0 aliphatic heterocycles. The molecule has 106 valence electrons. The van der Waals surface area contributed by atoms with Gasteiger partial charge in [0.15, 0.2) is 5.82 Å². The van der Waals surface area contributed by atoms with Gasteiger partial charge in [0.1, 0.15) is 5.75 Å². The summed E-state index contributed by atoms with van der Waals surface area (Å²) in [6.07, 6.45) is 6.37. The number of nitrogen functional groups attached to an aromatic ring is 1. The van der Waals surface area contributed by atoms with Crippen molar-refractivity contribution in [2.75, 3.05) is 12.8 Å². The fourth-order valence-corrected chi connectivity index (χ4v) is 3.15. The lowest BCUT2D eigenvalue weighted by Crippen LogP contribution is -2.01. The highest BCUT2D eigenvalue weighted by molar-refractivity contribution is 5.77. The van der Waals surface area contributed by atoms with Crippen molar-refractivity contribution in [3.8, 4) is 16.9 Å². The molecule has 0 saturated heterocycles. The van der Waals surface area contributed by atoms with Crippen LogP contribution in [0.5, 0.6) is 5.75 Å². The van der Waals surface area contributed by atoms with Crippen LogP contribution in [-0.2, 0) is 6.42 Å². The Bertz CT molecular complexity index is 585. The van der Waals surface area contributed by atoms with Crippen LogP contribution in [0.4, 0.5) is 5.82 Å². The molecule has 2 aromatic rings. The lowest BCUT2D eigenvalue weighted by Gasteiger charge is -2.10. The highest BCUT2D eigenvalue weighted by atomic mass is 16.5. The number of H-pyrrole nitrogens is 1. The van der Waals surface area contributed by atoms with Crippen LogP contribution in [0.2, 0.25) is 0 Å². The van der Waals surface area contributed by atoms with Crippen molar-refractivity contribution >= 4 is 5.82 Å². The maximum atomic E-state index is 6.06. The Morgan fingerprint density at radius 3 is 2.90 bits per heavy atom. The summed E-state index contributed by atoms with van der Waals surface area (Å²) in [5.41, 5.74) is 9.32. The van der Waals surface area contributed by atoms with Gasteiger partial charge in [0, 0.05) is 11.3 Å². The quantitative estimate of drug-likeness (QED) is 0.895. The number of nitrogens with zero attached hydrogens (tertiary/aromatic N) is 1. The van der Waals surface area contributed by atoms with Crippen LogP contribution in [0.1, 0.15) is 31.4 Å². The van der Waals surface area contributed by atoms with Crippen LogP contribution in [-0.4, -0.2) is 17.3 Å². The number of aromatic amines is 1. The van der Waals surface area contributed by atoms with E-state index in [1.807, 2.05) is 18.2 Å². The van der Waals surface area contributed by atoms with E-state index in [-0.39, 0.29) is 0 Å². The normalized spacial score (nSPS) is 15.7. The summed E-state index contributed by atoms with van der Waals surface area (Å²) in [5, 5.41) is 7.32. The Morgan fingerprint density at radius 1 is 1.35 bits per heavy atom. The number of nitrogens with one attached hydrogen (secondary N) is 1. The van der Waals surface area contributed by atoms with Crippen molar-refractivity contribution < 1.29 is 4.74 Å². The van der Waals surface area contributed by atoms with E-state index in [1.165, 1.54) is 25.7 Å². The van der Waals surface area contributed by atoms with E-state index < -0.39 is 0 Å². The molecule has 0 spiro atoms. The number of ether oxygens (including phenoxy) is 1. The predicted molar refractivity (Wildman–Crippen MR) is 80.7 cm³/mol. The van der Waals surface area contributed by atoms with Crippen LogP contribution in [0.3, 0.4) is 0 Å². The summed E-state index contributed by atoms with van der Waals surface area (Å²) in [6.45, 7) is 0. The molecule has 0 amide bonds. The van der Waals surface area contributed by atoms with E-state index in [9.17, 15) is 0 Å². The summed E-state index contributed by atoms with van der Waals surface area (Å²) in [6, 6.07) is 8.00. The average molecular weight is 271 g/mol. The second-order valence-electron chi connectivity index (χ2n) is 5.55. The van der Waals surface area contributed by atoms with E-state index in [1.54, 1.807) is 7.11 Å². The maximum absolute atomic E-state index is 6.06. The first kappa shape index (κ1) is 13.0. The summed E-state index contributed by atoms with van der Waals surface area (Å²) in [5.74, 6) is 2.18. The van der Waals surface area contributed by atoms with Gasteiger partial charge in [-0.25, -0.2) is 0 Å². The molecular formula is C16H21N3O. The Morgan fingerprint density at radius 2 is 2.15 bits per heavy atom. The van der Waals surface area contributed by atoms with Gasteiger partial charge in [0.05, 0.1) is 7.11 Å². The number of hydrogen-bond acceptors (Lipinski definition) is 3. The molecule has 4 heteroatoms. The molecule has 0 radical (unpaired) electrons. The minimum Gasteiger partial charge on any atom is -0.497 e. The number of hydrogen-bond donors (Lipinski definition) is 2. The summed E-state index contributed by atoms with van der Waals surface area (Å²) in [4.78, 5) is 0.